The lowest BCUT2D eigenvalue weighted by Gasteiger charge is -2.20. The minimum Gasteiger partial charge on any atom is -0.330 e. The fourth-order valence-electron chi connectivity index (χ4n) is 2.81. The van der Waals surface area contributed by atoms with Gasteiger partial charge in [-0.15, -0.1) is 12.4 Å². The molecule has 4 nitrogen and oxygen atoms in total. The van der Waals surface area contributed by atoms with Crippen LogP contribution in [0.5, 0.6) is 0 Å². The van der Waals surface area contributed by atoms with Crippen LogP contribution in [0, 0.1) is 19.8 Å². The molecule has 0 bridgehead atoms. The highest BCUT2D eigenvalue weighted by Gasteiger charge is 2.29. The van der Waals surface area contributed by atoms with Gasteiger partial charge in [-0.25, -0.2) is 0 Å². The maximum absolute atomic E-state index is 12.1. The molecule has 118 valence electrons. The summed E-state index contributed by atoms with van der Waals surface area (Å²) in [6, 6.07) is 6.45. The topological polar surface area (TPSA) is 58.4 Å². The number of aryl methyl sites for hydroxylation is 2. The molecule has 1 aliphatic heterocycles. The zero-order valence-electron chi connectivity index (χ0n) is 13.1. The first-order valence-corrected chi connectivity index (χ1v) is 7.30. The van der Waals surface area contributed by atoms with E-state index in [2.05, 4.69) is 31.0 Å². The SMILES string of the molecule is Cc1ccc(NC(=O)CN2CC(CN)CC2C)cc1C.Cl. The summed E-state index contributed by atoms with van der Waals surface area (Å²) < 4.78 is 0. The Labute approximate surface area is 133 Å². The molecule has 0 aliphatic carbocycles. The lowest BCUT2D eigenvalue weighted by atomic mass is 10.1. The van der Waals surface area contributed by atoms with Crippen LogP contribution >= 0.6 is 12.4 Å². The maximum atomic E-state index is 12.1. The predicted molar refractivity (Wildman–Crippen MR) is 90.0 cm³/mol. The van der Waals surface area contributed by atoms with Gasteiger partial charge in [0.2, 0.25) is 5.91 Å². The third-order valence-corrected chi connectivity index (χ3v) is 4.26. The van der Waals surface area contributed by atoms with E-state index >= 15 is 0 Å². The summed E-state index contributed by atoms with van der Waals surface area (Å²) >= 11 is 0. The van der Waals surface area contributed by atoms with Crippen molar-refractivity contribution in [2.45, 2.75) is 33.2 Å². The molecule has 3 N–H and O–H groups in total. The first-order valence-electron chi connectivity index (χ1n) is 7.30. The van der Waals surface area contributed by atoms with Crippen molar-refractivity contribution in [3.63, 3.8) is 0 Å². The van der Waals surface area contributed by atoms with E-state index in [1.54, 1.807) is 0 Å². The Hall–Kier alpha value is -1.10. The van der Waals surface area contributed by atoms with Crippen LogP contribution in [0.3, 0.4) is 0 Å². The average molecular weight is 312 g/mol. The summed E-state index contributed by atoms with van der Waals surface area (Å²) in [5.41, 5.74) is 9.02. The molecule has 0 aromatic heterocycles. The highest BCUT2D eigenvalue weighted by atomic mass is 35.5. The number of rotatable bonds is 4. The minimum atomic E-state index is 0. The number of hydrogen-bond acceptors (Lipinski definition) is 3. The molecule has 0 radical (unpaired) electrons. The van der Waals surface area contributed by atoms with Crippen LogP contribution in [-0.2, 0) is 4.79 Å². The Morgan fingerprint density at radius 3 is 2.67 bits per heavy atom. The van der Waals surface area contributed by atoms with E-state index in [-0.39, 0.29) is 18.3 Å². The summed E-state index contributed by atoms with van der Waals surface area (Å²) in [6.45, 7) is 8.38. The van der Waals surface area contributed by atoms with Crippen LogP contribution in [0.1, 0.15) is 24.5 Å². The van der Waals surface area contributed by atoms with Gasteiger partial charge in [0.25, 0.3) is 0 Å². The number of hydrogen-bond donors (Lipinski definition) is 2. The Bertz CT molecular complexity index is 492. The van der Waals surface area contributed by atoms with Gasteiger partial charge in [-0.2, -0.15) is 0 Å². The molecule has 1 aromatic carbocycles. The molecule has 5 heteroatoms. The number of nitrogens with zero attached hydrogens (tertiary/aromatic N) is 1. The average Bonchev–Trinajstić information content (AvgIpc) is 2.74. The lowest BCUT2D eigenvalue weighted by Crippen LogP contribution is -2.36. The first-order chi connectivity index (χ1) is 9.49. The minimum absolute atomic E-state index is 0. The number of halogens is 1. The van der Waals surface area contributed by atoms with Crippen molar-refractivity contribution >= 4 is 24.0 Å². The number of benzene rings is 1. The quantitative estimate of drug-likeness (QED) is 0.897. The fraction of sp³-hybridized carbons (Fsp3) is 0.562. The molecular formula is C16H26ClN3O. The van der Waals surface area contributed by atoms with Crippen molar-refractivity contribution < 1.29 is 4.79 Å². The summed E-state index contributed by atoms with van der Waals surface area (Å²) in [5, 5.41) is 2.98. The second-order valence-corrected chi connectivity index (χ2v) is 5.96. The van der Waals surface area contributed by atoms with E-state index in [0.717, 1.165) is 18.7 Å². The Morgan fingerprint density at radius 1 is 1.38 bits per heavy atom. The number of carbonyl (C=O) groups is 1. The van der Waals surface area contributed by atoms with Gasteiger partial charge < -0.3 is 11.1 Å². The van der Waals surface area contributed by atoms with Crippen molar-refractivity contribution in [2.24, 2.45) is 11.7 Å². The van der Waals surface area contributed by atoms with E-state index in [4.69, 9.17) is 5.73 Å². The molecular weight excluding hydrogens is 286 g/mol. The summed E-state index contributed by atoms with van der Waals surface area (Å²) in [5.74, 6) is 0.581. The summed E-state index contributed by atoms with van der Waals surface area (Å²) in [7, 11) is 0. The van der Waals surface area contributed by atoms with Gasteiger partial charge in [0.15, 0.2) is 0 Å². The lowest BCUT2D eigenvalue weighted by molar-refractivity contribution is -0.117. The number of anilines is 1. The highest BCUT2D eigenvalue weighted by molar-refractivity contribution is 5.92. The largest absolute Gasteiger partial charge is 0.330 e. The second-order valence-electron chi connectivity index (χ2n) is 5.96. The molecule has 21 heavy (non-hydrogen) atoms. The molecule has 1 aliphatic rings. The molecule has 1 aromatic rings. The number of carbonyl (C=O) groups excluding carboxylic acids is 1. The van der Waals surface area contributed by atoms with Crippen LogP contribution < -0.4 is 11.1 Å². The second kappa shape index (κ2) is 7.78. The van der Waals surface area contributed by atoms with E-state index in [0.29, 0.717) is 25.0 Å². The standard InChI is InChI=1S/C16H25N3O.ClH/c1-11-4-5-15(6-12(11)2)18-16(20)10-19-9-14(8-17)7-13(19)3;/h4-6,13-14H,7-10,17H2,1-3H3,(H,18,20);1H. The van der Waals surface area contributed by atoms with Gasteiger partial charge >= 0.3 is 0 Å². The summed E-state index contributed by atoms with van der Waals surface area (Å²) in [4.78, 5) is 14.3. The molecule has 2 unspecified atom stereocenters. The molecule has 0 saturated carbocycles. The van der Waals surface area contributed by atoms with E-state index in [1.165, 1.54) is 11.1 Å². The van der Waals surface area contributed by atoms with Gasteiger partial charge in [0, 0.05) is 18.3 Å². The maximum Gasteiger partial charge on any atom is 0.238 e. The smallest absolute Gasteiger partial charge is 0.238 e. The van der Waals surface area contributed by atoms with Crippen molar-refractivity contribution in [1.82, 2.24) is 4.90 Å². The fourth-order valence-corrected chi connectivity index (χ4v) is 2.81. The van der Waals surface area contributed by atoms with Crippen LogP contribution in [-0.4, -0.2) is 36.5 Å². The Kier molecular flexibility index (Phi) is 6.65. The molecule has 1 fully saturated rings. The molecule has 0 spiro atoms. The molecule has 1 amide bonds. The monoisotopic (exact) mass is 311 g/mol. The first kappa shape index (κ1) is 18.0. The van der Waals surface area contributed by atoms with Gasteiger partial charge in [0.05, 0.1) is 6.54 Å². The van der Waals surface area contributed by atoms with Crippen molar-refractivity contribution in [1.29, 1.82) is 0 Å². The zero-order chi connectivity index (χ0) is 14.7. The highest BCUT2D eigenvalue weighted by Crippen LogP contribution is 2.22. The van der Waals surface area contributed by atoms with E-state index < -0.39 is 0 Å². The third-order valence-electron chi connectivity index (χ3n) is 4.26. The molecule has 1 saturated heterocycles. The van der Waals surface area contributed by atoms with E-state index in [9.17, 15) is 4.79 Å². The van der Waals surface area contributed by atoms with Gasteiger partial charge in [-0.3, -0.25) is 9.69 Å². The molecule has 2 rings (SSSR count). The van der Waals surface area contributed by atoms with Crippen LogP contribution in [0.25, 0.3) is 0 Å². The zero-order valence-corrected chi connectivity index (χ0v) is 13.9. The number of nitrogens with two attached hydrogens (primary N) is 1. The van der Waals surface area contributed by atoms with Gasteiger partial charge in [-0.05, 0) is 62.9 Å². The summed E-state index contributed by atoms with van der Waals surface area (Å²) in [6.07, 6.45) is 1.09. The van der Waals surface area contributed by atoms with Gasteiger partial charge in [-0.1, -0.05) is 6.07 Å². The van der Waals surface area contributed by atoms with Crippen LogP contribution in [0.2, 0.25) is 0 Å². The van der Waals surface area contributed by atoms with Crippen LogP contribution in [0.15, 0.2) is 18.2 Å². The number of nitrogens with one attached hydrogen (secondary N) is 1. The Morgan fingerprint density at radius 2 is 2.10 bits per heavy atom. The molecule has 1 heterocycles. The molecule has 2 atom stereocenters. The third kappa shape index (κ3) is 4.70. The van der Waals surface area contributed by atoms with Gasteiger partial charge in [0.1, 0.15) is 0 Å². The van der Waals surface area contributed by atoms with Crippen molar-refractivity contribution in [2.75, 3.05) is 25.0 Å². The van der Waals surface area contributed by atoms with Crippen molar-refractivity contribution in [3.8, 4) is 0 Å². The number of likely N-dealkylation sites (tertiary alicyclic amines) is 1. The number of amides is 1. The van der Waals surface area contributed by atoms with Crippen LogP contribution in [0.4, 0.5) is 5.69 Å². The Balaban J connectivity index is 0.00000220. The normalized spacial score (nSPS) is 21.9. The van der Waals surface area contributed by atoms with E-state index in [1.807, 2.05) is 18.2 Å². The van der Waals surface area contributed by atoms with Crippen molar-refractivity contribution in [3.05, 3.63) is 29.3 Å². The predicted octanol–water partition coefficient (Wildman–Crippen LogP) is 2.33.